The number of aromatic nitrogens is 1. The molecule has 0 bridgehead atoms. The van der Waals surface area contributed by atoms with E-state index in [0.29, 0.717) is 23.5 Å². The van der Waals surface area contributed by atoms with Crippen LogP contribution in [0.15, 0.2) is 24.4 Å². The second-order valence-electron chi connectivity index (χ2n) is 7.03. The molecule has 0 saturated carbocycles. The average molecular weight is 442 g/mol. The molecule has 162 valence electrons. The fourth-order valence-corrected chi connectivity index (χ4v) is 4.49. The third kappa shape index (κ3) is 5.38. The first-order valence-electron chi connectivity index (χ1n) is 9.66. The molecule has 1 atom stereocenters. The summed E-state index contributed by atoms with van der Waals surface area (Å²) in [6.45, 7) is 2.06. The summed E-state index contributed by atoms with van der Waals surface area (Å²) in [5.74, 6) is -0.914. The number of nitrogens with zero attached hydrogens (tertiary/aromatic N) is 3. The minimum absolute atomic E-state index is 0.0682. The molecule has 1 N–H and O–H groups in total. The molecule has 1 aliphatic heterocycles. The lowest BCUT2D eigenvalue weighted by Crippen LogP contribution is -2.36. The van der Waals surface area contributed by atoms with Crippen LogP contribution in [-0.4, -0.2) is 48.1 Å². The maximum absolute atomic E-state index is 12.6. The van der Waals surface area contributed by atoms with E-state index < -0.39 is 18.7 Å². The highest BCUT2D eigenvalue weighted by molar-refractivity contribution is 7.16. The second-order valence-corrected chi connectivity index (χ2v) is 8.14. The van der Waals surface area contributed by atoms with Gasteiger partial charge in [0.25, 0.3) is 0 Å². The van der Waals surface area contributed by atoms with Gasteiger partial charge in [-0.05, 0) is 24.1 Å². The van der Waals surface area contributed by atoms with Gasteiger partial charge in [-0.25, -0.2) is 9.59 Å². The lowest BCUT2D eigenvalue weighted by atomic mass is 10.0. The molecule has 0 radical (unpaired) electrons. The number of pyridine rings is 1. The van der Waals surface area contributed by atoms with E-state index in [0.717, 1.165) is 16.1 Å². The summed E-state index contributed by atoms with van der Waals surface area (Å²) in [5.41, 5.74) is 2.09. The normalized spacial score (nSPS) is 13.5. The summed E-state index contributed by atoms with van der Waals surface area (Å²) in [4.78, 5) is 42.4. The number of rotatable bonds is 6. The monoisotopic (exact) mass is 442 g/mol. The average Bonchev–Trinajstić information content (AvgIpc) is 3.13. The third-order valence-electron chi connectivity index (χ3n) is 4.91. The van der Waals surface area contributed by atoms with E-state index in [4.69, 9.17) is 4.74 Å². The van der Waals surface area contributed by atoms with E-state index in [1.165, 1.54) is 23.3 Å². The number of ether oxygens (including phenoxy) is 2. The van der Waals surface area contributed by atoms with Crippen LogP contribution in [0.1, 0.15) is 41.0 Å². The number of carbonyl (C=O) groups is 3. The largest absolute Gasteiger partial charge is 0.466 e. The smallest absolute Gasteiger partial charge is 0.410 e. The molecule has 0 unspecified atom stereocenters. The lowest BCUT2D eigenvalue weighted by molar-refractivity contribution is -0.144. The van der Waals surface area contributed by atoms with Crippen molar-refractivity contribution in [1.82, 2.24) is 9.88 Å². The van der Waals surface area contributed by atoms with E-state index in [2.05, 4.69) is 21.1 Å². The third-order valence-corrected chi connectivity index (χ3v) is 6.04. The van der Waals surface area contributed by atoms with Crippen LogP contribution in [0, 0.1) is 11.3 Å². The van der Waals surface area contributed by atoms with Crippen molar-refractivity contribution in [3.05, 3.63) is 46.1 Å². The molecule has 0 aromatic carbocycles. The number of thiophene rings is 1. The summed E-state index contributed by atoms with van der Waals surface area (Å²) < 4.78 is 9.40. The number of nitriles is 1. The lowest BCUT2D eigenvalue weighted by Gasteiger charge is -2.25. The number of amides is 2. The summed E-state index contributed by atoms with van der Waals surface area (Å²) in [5, 5.41) is 12.9. The van der Waals surface area contributed by atoms with E-state index >= 15 is 0 Å². The molecule has 0 spiro atoms. The van der Waals surface area contributed by atoms with Crippen molar-refractivity contribution >= 4 is 34.3 Å². The Hall–Kier alpha value is -3.45. The molecule has 0 fully saturated rings. The van der Waals surface area contributed by atoms with Crippen LogP contribution in [0.3, 0.4) is 0 Å². The van der Waals surface area contributed by atoms with Crippen LogP contribution in [0.25, 0.3) is 0 Å². The Labute approximate surface area is 183 Å². The summed E-state index contributed by atoms with van der Waals surface area (Å²) in [6, 6.07) is 7.74. The zero-order valence-corrected chi connectivity index (χ0v) is 18.0. The number of hydrogen-bond acceptors (Lipinski definition) is 8. The molecule has 10 heteroatoms. The van der Waals surface area contributed by atoms with Crippen LogP contribution >= 0.6 is 11.3 Å². The fourth-order valence-electron chi connectivity index (χ4n) is 3.26. The van der Waals surface area contributed by atoms with E-state index in [9.17, 15) is 19.6 Å². The van der Waals surface area contributed by atoms with Crippen LogP contribution in [0.2, 0.25) is 0 Å². The van der Waals surface area contributed by atoms with Crippen molar-refractivity contribution in [3.8, 4) is 6.07 Å². The van der Waals surface area contributed by atoms with Crippen molar-refractivity contribution in [3.63, 3.8) is 0 Å². The van der Waals surface area contributed by atoms with Crippen LogP contribution in [-0.2, 0) is 32.0 Å². The zero-order chi connectivity index (χ0) is 22.4. The van der Waals surface area contributed by atoms with Crippen molar-refractivity contribution in [2.75, 3.05) is 25.6 Å². The molecular formula is C21H22N4O5S. The minimum atomic E-state index is -0.640. The highest BCUT2D eigenvalue weighted by Crippen LogP contribution is 2.37. The number of esters is 1. The second kappa shape index (κ2) is 10.0. The molecule has 0 saturated heterocycles. The number of methoxy groups -OCH3 is 1. The summed E-state index contributed by atoms with van der Waals surface area (Å²) >= 11 is 1.28. The fraction of sp³-hybridized carbons (Fsp3) is 0.381. The number of carbonyl (C=O) groups excluding carboxylic acids is 3. The Balaban J connectivity index is 1.66. The summed E-state index contributed by atoms with van der Waals surface area (Å²) in [7, 11) is 1.21. The van der Waals surface area contributed by atoms with Crippen LogP contribution in [0.4, 0.5) is 9.80 Å². The van der Waals surface area contributed by atoms with Gasteiger partial charge in [-0.1, -0.05) is 13.0 Å². The van der Waals surface area contributed by atoms with Gasteiger partial charge in [0.05, 0.1) is 19.2 Å². The number of hydrogen-bond donors (Lipinski definition) is 1. The SMILES string of the molecule is COC(=O)COC(=O)N1CCc2c(sc(NC(=O)C[C@H](C)c3ccccn3)c2C#N)C1. The van der Waals surface area contributed by atoms with Crippen LogP contribution in [0.5, 0.6) is 0 Å². The standard InChI is InChI=1S/C21H22N4O5S/c1-13(16-5-3-4-7-23-16)9-18(26)24-20-15(10-22)14-6-8-25(11-17(14)31-20)21(28)30-12-19(27)29-2/h3-5,7,13H,6,8-9,11-12H2,1-2H3,(H,24,26)/t13-/m0/s1. The van der Waals surface area contributed by atoms with Gasteiger partial charge in [0, 0.05) is 35.7 Å². The Morgan fingerprint density at radius 1 is 1.39 bits per heavy atom. The first kappa shape index (κ1) is 22.2. The van der Waals surface area contributed by atoms with Crippen molar-refractivity contribution < 1.29 is 23.9 Å². The predicted octanol–water partition coefficient (Wildman–Crippen LogP) is 2.81. The Morgan fingerprint density at radius 2 is 2.19 bits per heavy atom. The molecule has 1 aliphatic rings. The van der Waals surface area contributed by atoms with Gasteiger partial charge in [-0.15, -0.1) is 11.3 Å². The van der Waals surface area contributed by atoms with Gasteiger partial charge < -0.3 is 19.7 Å². The zero-order valence-electron chi connectivity index (χ0n) is 17.2. The molecule has 2 aromatic heterocycles. The highest BCUT2D eigenvalue weighted by atomic mass is 32.1. The Morgan fingerprint density at radius 3 is 2.87 bits per heavy atom. The molecule has 9 nitrogen and oxygen atoms in total. The van der Waals surface area contributed by atoms with E-state index in [1.54, 1.807) is 6.20 Å². The van der Waals surface area contributed by atoms with E-state index in [-0.39, 0.29) is 24.8 Å². The maximum Gasteiger partial charge on any atom is 0.410 e. The molecule has 2 amide bonds. The number of anilines is 1. The van der Waals surface area contributed by atoms with Gasteiger partial charge in [0.15, 0.2) is 6.61 Å². The topological polar surface area (TPSA) is 122 Å². The van der Waals surface area contributed by atoms with Gasteiger partial charge in [-0.3, -0.25) is 9.78 Å². The first-order valence-corrected chi connectivity index (χ1v) is 10.5. The molecule has 0 aliphatic carbocycles. The molecule has 3 rings (SSSR count). The van der Waals surface area contributed by atoms with Gasteiger partial charge in [0.2, 0.25) is 5.91 Å². The van der Waals surface area contributed by atoms with Gasteiger partial charge in [-0.2, -0.15) is 5.26 Å². The number of nitrogens with one attached hydrogen (secondary N) is 1. The maximum atomic E-state index is 12.6. The molecule has 3 heterocycles. The molecule has 31 heavy (non-hydrogen) atoms. The minimum Gasteiger partial charge on any atom is -0.466 e. The Bertz CT molecular complexity index is 1010. The predicted molar refractivity (Wildman–Crippen MR) is 112 cm³/mol. The van der Waals surface area contributed by atoms with Gasteiger partial charge >= 0.3 is 12.1 Å². The van der Waals surface area contributed by atoms with Crippen LogP contribution < -0.4 is 5.32 Å². The van der Waals surface area contributed by atoms with Gasteiger partial charge in [0.1, 0.15) is 11.1 Å². The first-order chi connectivity index (χ1) is 14.9. The van der Waals surface area contributed by atoms with Crippen molar-refractivity contribution in [2.45, 2.75) is 32.2 Å². The number of fused-ring (bicyclic) bond motifs is 1. The van der Waals surface area contributed by atoms with E-state index in [1.807, 2.05) is 25.1 Å². The van der Waals surface area contributed by atoms with Crippen molar-refractivity contribution in [1.29, 1.82) is 5.26 Å². The molecule has 2 aromatic rings. The quantitative estimate of drug-likeness (QED) is 0.683. The Kier molecular flexibility index (Phi) is 7.20. The highest BCUT2D eigenvalue weighted by Gasteiger charge is 2.28. The summed E-state index contributed by atoms with van der Waals surface area (Å²) in [6.07, 6.45) is 1.75. The van der Waals surface area contributed by atoms with Crippen molar-refractivity contribution in [2.24, 2.45) is 0 Å². The molecular weight excluding hydrogens is 420 g/mol.